The Morgan fingerprint density at radius 2 is 2.25 bits per heavy atom. The number of rotatable bonds is 3. The Morgan fingerprint density at radius 3 is 2.88 bits per heavy atom. The van der Waals surface area contributed by atoms with Crippen LogP contribution in [0.3, 0.4) is 0 Å². The van der Waals surface area contributed by atoms with Gasteiger partial charge in [-0.1, -0.05) is 0 Å². The molecule has 0 unspecified atom stereocenters. The molecule has 0 amide bonds. The van der Waals surface area contributed by atoms with E-state index in [0.717, 1.165) is 5.76 Å². The maximum Gasteiger partial charge on any atom is 0.146 e. The van der Waals surface area contributed by atoms with Crippen LogP contribution in [0.2, 0.25) is 0 Å². The van der Waals surface area contributed by atoms with Crippen molar-refractivity contribution in [3.63, 3.8) is 0 Å². The average molecular weight is 214 g/mol. The summed E-state index contributed by atoms with van der Waals surface area (Å²) in [4.78, 5) is 0. The molecular formula is C12H10N2O2. The normalized spacial score (nSPS) is 9.69. The number of nitriles is 1. The first kappa shape index (κ1) is 10.1. The fourth-order valence-electron chi connectivity index (χ4n) is 1.29. The van der Waals surface area contributed by atoms with Crippen LogP contribution in [-0.2, 0) is 6.61 Å². The quantitative estimate of drug-likeness (QED) is 0.796. The summed E-state index contributed by atoms with van der Waals surface area (Å²) < 4.78 is 10.6. The predicted octanol–water partition coefficient (Wildman–Crippen LogP) is 2.31. The predicted molar refractivity (Wildman–Crippen MR) is 58.6 cm³/mol. The SMILES string of the molecule is N#Cc1ccc(OCc2ccco2)c(N)c1. The van der Waals surface area contributed by atoms with Crippen molar-refractivity contribution in [1.82, 2.24) is 0 Å². The summed E-state index contributed by atoms with van der Waals surface area (Å²) in [6.45, 7) is 0.323. The third-order valence-corrected chi connectivity index (χ3v) is 2.09. The van der Waals surface area contributed by atoms with Gasteiger partial charge in [-0.2, -0.15) is 5.26 Å². The molecule has 2 aromatic rings. The van der Waals surface area contributed by atoms with Gasteiger partial charge < -0.3 is 14.9 Å². The van der Waals surface area contributed by atoms with E-state index in [1.54, 1.807) is 30.5 Å². The number of benzene rings is 1. The molecule has 0 radical (unpaired) electrons. The molecule has 2 N–H and O–H groups in total. The van der Waals surface area contributed by atoms with Crippen LogP contribution in [0, 0.1) is 11.3 Å². The minimum absolute atomic E-state index is 0.323. The summed E-state index contributed by atoms with van der Waals surface area (Å²) in [6, 6.07) is 10.5. The van der Waals surface area contributed by atoms with Crippen molar-refractivity contribution in [2.75, 3.05) is 5.73 Å². The molecule has 4 heteroatoms. The van der Waals surface area contributed by atoms with E-state index in [2.05, 4.69) is 0 Å². The number of nitrogens with two attached hydrogens (primary N) is 1. The Labute approximate surface area is 92.9 Å². The molecule has 1 aromatic heterocycles. The van der Waals surface area contributed by atoms with Gasteiger partial charge in [0.05, 0.1) is 23.6 Å². The van der Waals surface area contributed by atoms with Gasteiger partial charge in [-0.05, 0) is 30.3 Å². The van der Waals surface area contributed by atoms with Crippen molar-refractivity contribution >= 4 is 5.69 Å². The van der Waals surface area contributed by atoms with Gasteiger partial charge in [0, 0.05) is 0 Å². The first-order chi connectivity index (χ1) is 7.79. The van der Waals surface area contributed by atoms with Crippen LogP contribution >= 0.6 is 0 Å². The fourth-order valence-corrected chi connectivity index (χ4v) is 1.29. The zero-order valence-corrected chi connectivity index (χ0v) is 8.51. The third kappa shape index (κ3) is 2.15. The van der Waals surface area contributed by atoms with E-state index in [0.29, 0.717) is 23.6 Å². The maximum absolute atomic E-state index is 8.67. The zero-order chi connectivity index (χ0) is 11.4. The molecule has 2 rings (SSSR count). The summed E-state index contributed by atoms with van der Waals surface area (Å²) in [7, 11) is 0. The number of anilines is 1. The summed E-state index contributed by atoms with van der Waals surface area (Å²) in [5.41, 5.74) is 6.70. The third-order valence-electron chi connectivity index (χ3n) is 2.09. The van der Waals surface area contributed by atoms with E-state index in [9.17, 15) is 0 Å². The lowest BCUT2D eigenvalue weighted by Crippen LogP contribution is -1.98. The second kappa shape index (κ2) is 4.41. The molecule has 0 aliphatic carbocycles. The van der Waals surface area contributed by atoms with Gasteiger partial charge in [-0.3, -0.25) is 0 Å². The second-order valence-corrected chi connectivity index (χ2v) is 3.23. The molecule has 0 aliphatic rings. The van der Waals surface area contributed by atoms with Crippen molar-refractivity contribution in [3.8, 4) is 11.8 Å². The smallest absolute Gasteiger partial charge is 0.146 e. The van der Waals surface area contributed by atoms with Crippen molar-refractivity contribution in [2.45, 2.75) is 6.61 Å². The van der Waals surface area contributed by atoms with Crippen LogP contribution in [0.25, 0.3) is 0 Å². The monoisotopic (exact) mass is 214 g/mol. The summed E-state index contributed by atoms with van der Waals surface area (Å²) in [5, 5.41) is 8.67. The molecular weight excluding hydrogens is 204 g/mol. The van der Waals surface area contributed by atoms with E-state index in [1.165, 1.54) is 0 Å². The Kier molecular flexibility index (Phi) is 2.79. The number of hydrogen-bond donors (Lipinski definition) is 1. The van der Waals surface area contributed by atoms with Gasteiger partial charge in [-0.25, -0.2) is 0 Å². The van der Waals surface area contributed by atoms with Crippen LogP contribution in [0.4, 0.5) is 5.69 Å². The lowest BCUT2D eigenvalue weighted by molar-refractivity contribution is 0.271. The summed E-state index contributed by atoms with van der Waals surface area (Å²) in [5.74, 6) is 1.28. The minimum Gasteiger partial charge on any atom is -0.483 e. The van der Waals surface area contributed by atoms with Gasteiger partial charge in [0.2, 0.25) is 0 Å². The molecule has 0 saturated carbocycles. The molecule has 0 atom stereocenters. The topological polar surface area (TPSA) is 72.2 Å². The molecule has 1 heterocycles. The zero-order valence-electron chi connectivity index (χ0n) is 8.51. The molecule has 80 valence electrons. The molecule has 0 aliphatic heterocycles. The van der Waals surface area contributed by atoms with E-state index in [4.69, 9.17) is 20.1 Å². The summed E-state index contributed by atoms with van der Waals surface area (Å²) in [6.07, 6.45) is 1.58. The number of nitrogens with zero attached hydrogens (tertiary/aromatic N) is 1. The van der Waals surface area contributed by atoms with Crippen molar-refractivity contribution in [1.29, 1.82) is 5.26 Å². The molecule has 0 spiro atoms. The highest BCUT2D eigenvalue weighted by molar-refractivity contribution is 5.56. The molecule has 0 fully saturated rings. The van der Waals surface area contributed by atoms with Gasteiger partial charge in [-0.15, -0.1) is 0 Å². The van der Waals surface area contributed by atoms with Crippen LogP contribution in [0.15, 0.2) is 41.0 Å². The Morgan fingerprint density at radius 1 is 1.38 bits per heavy atom. The number of nitrogen functional groups attached to an aromatic ring is 1. The van der Waals surface area contributed by atoms with Crippen molar-refractivity contribution in [2.24, 2.45) is 0 Å². The van der Waals surface area contributed by atoms with E-state index >= 15 is 0 Å². The highest BCUT2D eigenvalue weighted by atomic mass is 16.5. The number of furan rings is 1. The minimum atomic E-state index is 0.323. The lowest BCUT2D eigenvalue weighted by atomic mass is 10.2. The molecule has 0 saturated heterocycles. The molecule has 16 heavy (non-hydrogen) atoms. The fraction of sp³-hybridized carbons (Fsp3) is 0.0833. The van der Waals surface area contributed by atoms with Crippen LogP contribution in [0.5, 0.6) is 5.75 Å². The molecule has 4 nitrogen and oxygen atoms in total. The number of hydrogen-bond acceptors (Lipinski definition) is 4. The van der Waals surface area contributed by atoms with Crippen molar-refractivity contribution in [3.05, 3.63) is 47.9 Å². The maximum atomic E-state index is 8.67. The Bertz CT molecular complexity index is 512. The van der Waals surface area contributed by atoms with E-state index in [-0.39, 0.29) is 0 Å². The van der Waals surface area contributed by atoms with Crippen LogP contribution in [0.1, 0.15) is 11.3 Å². The van der Waals surface area contributed by atoms with Crippen LogP contribution in [-0.4, -0.2) is 0 Å². The average Bonchev–Trinajstić information content (AvgIpc) is 2.80. The lowest BCUT2D eigenvalue weighted by Gasteiger charge is -2.07. The van der Waals surface area contributed by atoms with Gasteiger partial charge in [0.15, 0.2) is 0 Å². The van der Waals surface area contributed by atoms with E-state index in [1.807, 2.05) is 12.1 Å². The van der Waals surface area contributed by atoms with Crippen LogP contribution < -0.4 is 10.5 Å². The second-order valence-electron chi connectivity index (χ2n) is 3.23. The Hall–Kier alpha value is -2.41. The van der Waals surface area contributed by atoms with Gasteiger partial charge in [0.1, 0.15) is 18.1 Å². The molecule has 0 bridgehead atoms. The molecule has 1 aromatic carbocycles. The first-order valence-electron chi connectivity index (χ1n) is 4.74. The van der Waals surface area contributed by atoms with Crippen molar-refractivity contribution < 1.29 is 9.15 Å². The highest BCUT2D eigenvalue weighted by Gasteiger charge is 2.03. The number of ether oxygens (including phenoxy) is 1. The van der Waals surface area contributed by atoms with E-state index < -0.39 is 0 Å². The summed E-state index contributed by atoms with van der Waals surface area (Å²) >= 11 is 0. The highest BCUT2D eigenvalue weighted by Crippen LogP contribution is 2.23. The Balaban J connectivity index is 2.08. The first-order valence-corrected chi connectivity index (χ1v) is 4.74. The largest absolute Gasteiger partial charge is 0.483 e. The standard InChI is InChI=1S/C12H10N2O2/c13-7-9-3-4-12(11(14)6-9)16-8-10-2-1-5-15-10/h1-6H,8,14H2. The van der Waals surface area contributed by atoms with Gasteiger partial charge >= 0.3 is 0 Å². The van der Waals surface area contributed by atoms with Gasteiger partial charge in [0.25, 0.3) is 0 Å².